The Balaban J connectivity index is 1.76. The molecule has 1 aliphatic heterocycles. The van der Waals surface area contributed by atoms with E-state index in [0.29, 0.717) is 10.9 Å². The lowest BCUT2D eigenvalue weighted by molar-refractivity contribution is 0.410. The van der Waals surface area contributed by atoms with Gasteiger partial charge in [-0.25, -0.2) is 14.4 Å². The van der Waals surface area contributed by atoms with E-state index in [2.05, 4.69) is 25.1 Å². The van der Waals surface area contributed by atoms with E-state index >= 15 is 0 Å². The van der Waals surface area contributed by atoms with Crippen LogP contribution in [0, 0.1) is 5.82 Å². The summed E-state index contributed by atoms with van der Waals surface area (Å²) in [6.07, 6.45) is 1.47. The van der Waals surface area contributed by atoms with Gasteiger partial charge in [-0.05, 0) is 12.1 Å². The highest BCUT2D eigenvalue weighted by Crippen LogP contribution is 2.32. The lowest BCUT2D eigenvalue weighted by atomic mass is 10.2. The highest BCUT2D eigenvalue weighted by Gasteiger charge is 2.23. The zero-order chi connectivity index (χ0) is 17.1. The predicted molar refractivity (Wildman–Crippen MR) is 94.0 cm³/mol. The topological polar surface area (TPSA) is 53.5 Å². The Morgan fingerprint density at radius 3 is 2.54 bits per heavy atom. The summed E-state index contributed by atoms with van der Waals surface area (Å²) in [6.45, 7) is 3.07. The first-order chi connectivity index (χ1) is 11.6. The summed E-state index contributed by atoms with van der Waals surface area (Å²) in [5.41, 5.74) is 1.63. The molecule has 1 aromatic carbocycles. The molecule has 1 aliphatic rings. The maximum Gasteiger partial charge on any atom is 0.157 e. The maximum atomic E-state index is 13.4. The van der Waals surface area contributed by atoms with Crippen LogP contribution in [0.4, 0.5) is 21.6 Å². The highest BCUT2D eigenvalue weighted by molar-refractivity contribution is 6.32. The molecule has 128 valence electrons. The Bertz CT molecular complexity index is 722. The van der Waals surface area contributed by atoms with Crippen LogP contribution in [0.2, 0.25) is 5.15 Å². The monoisotopic (exact) mass is 351 g/mol. The molecular formula is C16H19ClFN5O. The van der Waals surface area contributed by atoms with Gasteiger partial charge in [-0.2, -0.15) is 0 Å². The number of nitrogens with one attached hydrogen (secondary N) is 1. The van der Waals surface area contributed by atoms with Gasteiger partial charge in [-0.1, -0.05) is 11.6 Å². The average molecular weight is 352 g/mol. The van der Waals surface area contributed by atoms with Gasteiger partial charge in [0.1, 0.15) is 23.6 Å². The van der Waals surface area contributed by atoms with Gasteiger partial charge < -0.3 is 19.9 Å². The molecule has 2 aromatic rings. The fourth-order valence-corrected chi connectivity index (χ4v) is 3.10. The van der Waals surface area contributed by atoms with E-state index in [-0.39, 0.29) is 5.82 Å². The molecule has 1 aromatic heterocycles. The SMILES string of the molecule is CNc1c(Cl)ncnc1N1CCN(c2ccc(F)cc2OC)CC1. The number of rotatable bonds is 4. The fourth-order valence-electron chi connectivity index (χ4n) is 2.88. The number of hydrogen-bond donors (Lipinski definition) is 1. The molecule has 3 rings (SSSR count). The van der Waals surface area contributed by atoms with E-state index in [9.17, 15) is 4.39 Å². The molecule has 0 aliphatic carbocycles. The van der Waals surface area contributed by atoms with Gasteiger partial charge in [0.05, 0.1) is 12.8 Å². The first kappa shape index (κ1) is 16.6. The minimum absolute atomic E-state index is 0.302. The summed E-state index contributed by atoms with van der Waals surface area (Å²) in [6, 6.07) is 4.61. The van der Waals surface area contributed by atoms with Crippen molar-refractivity contribution in [3.05, 3.63) is 35.5 Å². The molecule has 24 heavy (non-hydrogen) atoms. The number of methoxy groups -OCH3 is 1. The van der Waals surface area contributed by atoms with E-state index < -0.39 is 0 Å². The zero-order valence-electron chi connectivity index (χ0n) is 13.6. The third kappa shape index (κ3) is 3.17. The average Bonchev–Trinajstić information content (AvgIpc) is 2.61. The van der Waals surface area contributed by atoms with E-state index in [4.69, 9.17) is 16.3 Å². The molecule has 0 bridgehead atoms. The number of halogens is 2. The Kier molecular flexibility index (Phi) is 4.89. The van der Waals surface area contributed by atoms with Crippen LogP contribution in [0.3, 0.4) is 0 Å². The van der Waals surface area contributed by atoms with Gasteiger partial charge in [0.15, 0.2) is 11.0 Å². The van der Waals surface area contributed by atoms with Gasteiger partial charge >= 0.3 is 0 Å². The largest absolute Gasteiger partial charge is 0.494 e. The minimum Gasteiger partial charge on any atom is -0.494 e. The van der Waals surface area contributed by atoms with Crippen LogP contribution in [0.1, 0.15) is 0 Å². The Hall–Kier alpha value is -2.28. The molecule has 0 amide bonds. The third-order valence-electron chi connectivity index (χ3n) is 4.09. The van der Waals surface area contributed by atoms with Crippen molar-refractivity contribution in [2.75, 3.05) is 55.5 Å². The van der Waals surface area contributed by atoms with Gasteiger partial charge in [-0.15, -0.1) is 0 Å². The number of anilines is 3. The summed E-state index contributed by atoms with van der Waals surface area (Å²) >= 11 is 6.12. The summed E-state index contributed by atoms with van der Waals surface area (Å²) in [5.74, 6) is 1.04. The van der Waals surface area contributed by atoms with Crippen molar-refractivity contribution in [3.63, 3.8) is 0 Å². The lowest BCUT2D eigenvalue weighted by Crippen LogP contribution is -2.47. The van der Waals surface area contributed by atoms with Gasteiger partial charge in [0.25, 0.3) is 0 Å². The molecule has 0 saturated carbocycles. The summed E-state index contributed by atoms with van der Waals surface area (Å²) in [7, 11) is 3.35. The van der Waals surface area contributed by atoms with Crippen molar-refractivity contribution in [3.8, 4) is 5.75 Å². The summed E-state index contributed by atoms with van der Waals surface area (Å²) in [4.78, 5) is 12.7. The zero-order valence-corrected chi connectivity index (χ0v) is 14.3. The molecular weight excluding hydrogens is 333 g/mol. The second-order valence-corrected chi connectivity index (χ2v) is 5.76. The smallest absolute Gasteiger partial charge is 0.157 e. The molecule has 8 heteroatoms. The Labute approximate surface area is 145 Å². The van der Waals surface area contributed by atoms with Crippen molar-refractivity contribution >= 4 is 28.8 Å². The number of ether oxygens (including phenoxy) is 1. The number of benzene rings is 1. The lowest BCUT2D eigenvalue weighted by Gasteiger charge is -2.37. The van der Waals surface area contributed by atoms with E-state index in [1.165, 1.54) is 18.5 Å². The molecule has 2 heterocycles. The first-order valence-corrected chi connectivity index (χ1v) is 8.03. The Morgan fingerprint density at radius 1 is 1.17 bits per heavy atom. The first-order valence-electron chi connectivity index (χ1n) is 7.65. The summed E-state index contributed by atoms with van der Waals surface area (Å²) in [5, 5.41) is 3.46. The number of piperazine rings is 1. The van der Waals surface area contributed by atoms with Gasteiger partial charge in [0.2, 0.25) is 0 Å². The predicted octanol–water partition coefficient (Wildman–Crippen LogP) is 2.65. The fraction of sp³-hybridized carbons (Fsp3) is 0.375. The normalized spacial score (nSPS) is 14.7. The number of nitrogens with zero attached hydrogens (tertiary/aromatic N) is 4. The quantitative estimate of drug-likeness (QED) is 0.855. The van der Waals surface area contributed by atoms with Crippen LogP contribution in [0.5, 0.6) is 5.75 Å². The summed E-state index contributed by atoms with van der Waals surface area (Å²) < 4.78 is 18.7. The highest BCUT2D eigenvalue weighted by atomic mass is 35.5. The second-order valence-electron chi connectivity index (χ2n) is 5.40. The van der Waals surface area contributed by atoms with Crippen LogP contribution < -0.4 is 19.9 Å². The Morgan fingerprint density at radius 2 is 1.88 bits per heavy atom. The van der Waals surface area contributed by atoms with Crippen molar-refractivity contribution < 1.29 is 9.13 Å². The number of hydrogen-bond acceptors (Lipinski definition) is 6. The molecule has 6 nitrogen and oxygen atoms in total. The molecule has 0 unspecified atom stereocenters. The van der Waals surface area contributed by atoms with Crippen LogP contribution in [-0.4, -0.2) is 50.3 Å². The molecule has 0 radical (unpaired) electrons. The third-order valence-corrected chi connectivity index (χ3v) is 4.38. The van der Waals surface area contributed by atoms with E-state index in [1.54, 1.807) is 20.2 Å². The van der Waals surface area contributed by atoms with Crippen LogP contribution >= 0.6 is 11.6 Å². The van der Waals surface area contributed by atoms with Crippen molar-refractivity contribution in [2.24, 2.45) is 0 Å². The molecule has 0 atom stereocenters. The molecule has 1 N–H and O–H groups in total. The standard InChI is InChI=1S/C16H19ClFN5O/c1-19-14-15(17)20-10-21-16(14)23-7-5-22(6-8-23)12-4-3-11(18)9-13(12)24-2/h3-4,9-10,19H,5-8H2,1-2H3. The van der Waals surface area contributed by atoms with E-state index in [0.717, 1.165) is 43.4 Å². The molecule has 1 fully saturated rings. The van der Waals surface area contributed by atoms with Crippen LogP contribution in [0.15, 0.2) is 24.5 Å². The number of aromatic nitrogens is 2. The van der Waals surface area contributed by atoms with Gasteiger partial charge in [-0.3, -0.25) is 0 Å². The van der Waals surface area contributed by atoms with E-state index in [1.807, 2.05) is 0 Å². The molecule has 1 saturated heterocycles. The molecule has 0 spiro atoms. The van der Waals surface area contributed by atoms with Gasteiger partial charge in [0, 0.05) is 39.3 Å². The second kappa shape index (κ2) is 7.09. The van der Waals surface area contributed by atoms with Crippen molar-refractivity contribution in [1.29, 1.82) is 0 Å². The van der Waals surface area contributed by atoms with Crippen LogP contribution in [-0.2, 0) is 0 Å². The van der Waals surface area contributed by atoms with Crippen LogP contribution in [0.25, 0.3) is 0 Å². The minimum atomic E-state index is -0.302. The maximum absolute atomic E-state index is 13.4. The van der Waals surface area contributed by atoms with Crippen molar-refractivity contribution in [2.45, 2.75) is 0 Å². The van der Waals surface area contributed by atoms with Crippen molar-refractivity contribution in [1.82, 2.24) is 9.97 Å².